The van der Waals surface area contributed by atoms with Gasteiger partial charge in [-0.15, -0.1) is 0 Å². The number of methoxy groups -OCH3 is 1. The van der Waals surface area contributed by atoms with Crippen LogP contribution in [0, 0.1) is 0 Å². The predicted octanol–water partition coefficient (Wildman–Crippen LogP) is 1.56. The molecule has 5 nitrogen and oxygen atoms in total. The second-order valence-electron chi connectivity index (χ2n) is 6.34. The maximum absolute atomic E-state index is 12.4. The fourth-order valence-corrected chi connectivity index (χ4v) is 3.29. The molecule has 2 aliphatic rings. The first-order chi connectivity index (χ1) is 11.2. The van der Waals surface area contributed by atoms with Gasteiger partial charge in [0.15, 0.2) is 0 Å². The van der Waals surface area contributed by atoms with Crippen LogP contribution in [-0.2, 0) is 16.0 Å². The van der Waals surface area contributed by atoms with E-state index in [1.807, 2.05) is 29.2 Å². The molecule has 0 aromatic heterocycles. The standard InChI is InChI=1S/C18H26N2O3/c1-22-16-6-4-15(5-7-16)13-18(21)20-10-8-19(9-11-20)14-17-3-2-12-23-17/h4-7,17H,2-3,8-14H2,1H3. The Morgan fingerprint density at radius 3 is 2.57 bits per heavy atom. The summed E-state index contributed by atoms with van der Waals surface area (Å²) in [4.78, 5) is 16.8. The minimum atomic E-state index is 0.215. The lowest BCUT2D eigenvalue weighted by Crippen LogP contribution is -2.50. The van der Waals surface area contributed by atoms with E-state index in [1.54, 1.807) is 7.11 Å². The highest BCUT2D eigenvalue weighted by Gasteiger charge is 2.24. The van der Waals surface area contributed by atoms with Crippen LogP contribution in [0.2, 0.25) is 0 Å². The molecule has 0 aliphatic carbocycles. The van der Waals surface area contributed by atoms with Gasteiger partial charge >= 0.3 is 0 Å². The van der Waals surface area contributed by atoms with Gasteiger partial charge < -0.3 is 14.4 Å². The average molecular weight is 318 g/mol. The van der Waals surface area contributed by atoms with E-state index in [4.69, 9.17) is 9.47 Å². The average Bonchev–Trinajstić information content (AvgIpc) is 3.09. The third kappa shape index (κ3) is 4.45. The van der Waals surface area contributed by atoms with Crippen molar-refractivity contribution in [3.63, 3.8) is 0 Å². The number of rotatable bonds is 5. The zero-order valence-electron chi connectivity index (χ0n) is 13.9. The number of nitrogens with zero attached hydrogens (tertiary/aromatic N) is 2. The second kappa shape index (κ2) is 7.79. The van der Waals surface area contributed by atoms with Crippen LogP contribution < -0.4 is 4.74 Å². The van der Waals surface area contributed by atoms with E-state index in [1.165, 1.54) is 12.8 Å². The zero-order chi connectivity index (χ0) is 16.1. The maximum atomic E-state index is 12.4. The summed E-state index contributed by atoms with van der Waals surface area (Å²) in [5, 5.41) is 0. The van der Waals surface area contributed by atoms with E-state index in [2.05, 4.69) is 4.90 Å². The van der Waals surface area contributed by atoms with Crippen molar-refractivity contribution in [3.05, 3.63) is 29.8 Å². The van der Waals surface area contributed by atoms with E-state index in [0.29, 0.717) is 12.5 Å². The van der Waals surface area contributed by atoms with E-state index in [9.17, 15) is 4.79 Å². The molecular formula is C18H26N2O3. The molecular weight excluding hydrogens is 292 g/mol. The van der Waals surface area contributed by atoms with Gasteiger partial charge in [0.25, 0.3) is 0 Å². The smallest absolute Gasteiger partial charge is 0.227 e. The first-order valence-corrected chi connectivity index (χ1v) is 8.49. The number of benzene rings is 1. The van der Waals surface area contributed by atoms with Gasteiger partial charge in [0.05, 0.1) is 19.6 Å². The van der Waals surface area contributed by atoms with Crippen LogP contribution in [-0.4, -0.2) is 68.3 Å². The Hall–Kier alpha value is -1.59. The molecule has 126 valence electrons. The molecule has 0 radical (unpaired) electrons. The van der Waals surface area contributed by atoms with Gasteiger partial charge in [-0.2, -0.15) is 0 Å². The molecule has 0 saturated carbocycles. The Kier molecular flexibility index (Phi) is 5.51. The molecule has 2 saturated heterocycles. The van der Waals surface area contributed by atoms with Crippen LogP contribution in [0.25, 0.3) is 0 Å². The summed E-state index contributed by atoms with van der Waals surface area (Å²) in [7, 11) is 1.65. The lowest BCUT2D eigenvalue weighted by atomic mass is 10.1. The lowest BCUT2D eigenvalue weighted by molar-refractivity contribution is -0.132. The second-order valence-corrected chi connectivity index (χ2v) is 6.34. The number of hydrogen-bond donors (Lipinski definition) is 0. The zero-order valence-corrected chi connectivity index (χ0v) is 13.9. The number of amides is 1. The first kappa shape index (κ1) is 16.3. The van der Waals surface area contributed by atoms with Crippen molar-refractivity contribution in [1.29, 1.82) is 0 Å². The van der Waals surface area contributed by atoms with Gasteiger partial charge in [-0.05, 0) is 30.5 Å². The Balaban J connectivity index is 1.43. The Bertz CT molecular complexity index is 504. The fourth-order valence-electron chi connectivity index (χ4n) is 3.29. The van der Waals surface area contributed by atoms with Crippen molar-refractivity contribution in [2.75, 3.05) is 46.4 Å². The summed E-state index contributed by atoms with van der Waals surface area (Å²) >= 11 is 0. The van der Waals surface area contributed by atoms with Gasteiger partial charge in [0.2, 0.25) is 5.91 Å². The number of hydrogen-bond acceptors (Lipinski definition) is 4. The number of ether oxygens (including phenoxy) is 2. The molecule has 3 rings (SSSR count). The highest BCUT2D eigenvalue weighted by Crippen LogP contribution is 2.16. The first-order valence-electron chi connectivity index (χ1n) is 8.49. The van der Waals surface area contributed by atoms with Gasteiger partial charge in [-0.1, -0.05) is 12.1 Å². The SMILES string of the molecule is COc1ccc(CC(=O)N2CCN(CC3CCCO3)CC2)cc1. The van der Waals surface area contributed by atoms with Crippen molar-refractivity contribution in [1.82, 2.24) is 9.80 Å². The van der Waals surface area contributed by atoms with Crippen LogP contribution in [0.4, 0.5) is 0 Å². The van der Waals surface area contributed by atoms with Crippen LogP contribution in [0.15, 0.2) is 24.3 Å². The van der Waals surface area contributed by atoms with Gasteiger partial charge in [-0.3, -0.25) is 9.69 Å². The molecule has 1 atom stereocenters. The highest BCUT2D eigenvalue weighted by atomic mass is 16.5. The molecule has 1 aromatic rings. The molecule has 0 spiro atoms. The molecule has 0 N–H and O–H groups in total. The van der Waals surface area contributed by atoms with Crippen molar-refractivity contribution in [2.45, 2.75) is 25.4 Å². The molecule has 23 heavy (non-hydrogen) atoms. The molecule has 2 fully saturated rings. The highest BCUT2D eigenvalue weighted by molar-refractivity contribution is 5.78. The molecule has 5 heteroatoms. The topological polar surface area (TPSA) is 42.0 Å². The van der Waals surface area contributed by atoms with Crippen molar-refractivity contribution < 1.29 is 14.3 Å². The van der Waals surface area contributed by atoms with Gasteiger partial charge in [0, 0.05) is 39.3 Å². The van der Waals surface area contributed by atoms with Crippen molar-refractivity contribution in [2.24, 2.45) is 0 Å². The normalized spacial score (nSPS) is 22.3. The third-order valence-electron chi connectivity index (χ3n) is 4.73. The number of piperazine rings is 1. The maximum Gasteiger partial charge on any atom is 0.227 e. The Labute approximate surface area is 138 Å². The summed E-state index contributed by atoms with van der Waals surface area (Å²) < 4.78 is 10.8. The third-order valence-corrected chi connectivity index (χ3v) is 4.73. The molecule has 2 heterocycles. The van der Waals surface area contributed by atoms with E-state index in [0.717, 1.165) is 50.6 Å². The summed E-state index contributed by atoms with van der Waals surface area (Å²) in [6, 6.07) is 7.74. The summed E-state index contributed by atoms with van der Waals surface area (Å²) in [5.74, 6) is 1.04. The van der Waals surface area contributed by atoms with Crippen molar-refractivity contribution in [3.8, 4) is 5.75 Å². The van der Waals surface area contributed by atoms with Crippen LogP contribution in [0.1, 0.15) is 18.4 Å². The largest absolute Gasteiger partial charge is 0.497 e. The molecule has 1 unspecified atom stereocenters. The molecule has 1 amide bonds. The van der Waals surface area contributed by atoms with Crippen LogP contribution >= 0.6 is 0 Å². The fraction of sp³-hybridized carbons (Fsp3) is 0.611. The number of carbonyl (C=O) groups excluding carboxylic acids is 1. The van der Waals surface area contributed by atoms with Gasteiger partial charge in [0.1, 0.15) is 5.75 Å². The van der Waals surface area contributed by atoms with Crippen LogP contribution in [0.5, 0.6) is 5.75 Å². The number of carbonyl (C=O) groups is 1. The lowest BCUT2D eigenvalue weighted by Gasteiger charge is -2.35. The monoisotopic (exact) mass is 318 g/mol. The minimum absolute atomic E-state index is 0.215. The summed E-state index contributed by atoms with van der Waals surface area (Å²) in [6.45, 7) is 5.47. The van der Waals surface area contributed by atoms with E-state index < -0.39 is 0 Å². The Morgan fingerprint density at radius 2 is 1.96 bits per heavy atom. The predicted molar refractivity (Wildman–Crippen MR) is 88.7 cm³/mol. The minimum Gasteiger partial charge on any atom is -0.497 e. The van der Waals surface area contributed by atoms with E-state index in [-0.39, 0.29) is 5.91 Å². The molecule has 1 aromatic carbocycles. The van der Waals surface area contributed by atoms with Crippen molar-refractivity contribution >= 4 is 5.91 Å². The molecule has 0 bridgehead atoms. The van der Waals surface area contributed by atoms with Gasteiger partial charge in [-0.25, -0.2) is 0 Å². The van der Waals surface area contributed by atoms with Crippen LogP contribution in [0.3, 0.4) is 0 Å². The summed E-state index contributed by atoms with van der Waals surface area (Å²) in [6.07, 6.45) is 3.23. The Morgan fingerprint density at radius 1 is 1.22 bits per heavy atom. The summed E-state index contributed by atoms with van der Waals surface area (Å²) in [5.41, 5.74) is 1.04. The quantitative estimate of drug-likeness (QED) is 0.826. The molecule has 2 aliphatic heterocycles. The van der Waals surface area contributed by atoms with E-state index >= 15 is 0 Å².